The monoisotopic (exact) mass is 210 g/mol. The summed E-state index contributed by atoms with van der Waals surface area (Å²) in [7, 11) is 0. The number of likely N-dealkylation sites (tertiary alicyclic amines) is 1. The van der Waals surface area contributed by atoms with Gasteiger partial charge in [0.1, 0.15) is 0 Å². The molecule has 0 saturated carbocycles. The van der Waals surface area contributed by atoms with Crippen molar-refractivity contribution in [3.05, 3.63) is 0 Å². The van der Waals surface area contributed by atoms with Crippen LogP contribution in [0.4, 0.5) is 0 Å². The lowest BCUT2D eigenvalue weighted by Crippen LogP contribution is -2.39. The molecule has 2 fully saturated rings. The van der Waals surface area contributed by atoms with Gasteiger partial charge in [-0.1, -0.05) is 13.3 Å². The number of rotatable bonds is 3. The maximum absolute atomic E-state index is 3.68. The summed E-state index contributed by atoms with van der Waals surface area (Å²) in [6.45, 7) is 7.47. The number of nitrogens with zero attached hydrogens (tertiary/aromatic N) is 1. The Balaban J connectivity index is 1.67. The number of hydrogen-bond acceptors (Lipinski definition) is 2. The van der Waals surface area contributed by atoms with Crippen LogP contribution in [0.3, 0.4) is 0 Å². The molecule has 2 saturated heterocycles. The van der Waals surface area contributed by atoms with Gasteiger partial charge < -0.3 is 10.2 Å². The van der Waals surface area contributed by atoms with Crippen LogP contribution in [0.5, 0.6) is 0 Å². The molecule has 0 bridgehead atoms. The SMILES string of the molecule is CCN1CCC(C[C@H]2CCCCN2)CC1. The molecule has 0 spiro atoms. The van der Waals surface area contributed by atoms with Crippen molar-refractivity contribution in [2.75, 3.05) is 26.2 Å². The van der Waals surface area contributed by atoms with E-state index in [1.807, 2.05) is 0 Å². The number of hydrogen-bond donors (Lipinski definition) is 1. The van der Waals surface area contributed by atoms with Gasteiger partial charge in [0.2, 0.25) is 0 Å². The van der Waals surface area contributed by atoms with Crippen LogP contribution >= 0.6 is 0 Å². The lowest BCUT2D eigenvalue weighted by atomic mass is 9.87. The van der Waals surface area contributed by atoms with E-state index in [0.29, 0.717) is 0 Å². The lowest BCUT2D eigenvalue weighted by Gasteiger charge is -2.34. The normalized spacial score (nSPS) is 30.6. The molecule has 0 amide bonds. The molecule has 2 rings (SSSR count). The second-order valence-corrected chi connectivity index (χ2v) is 5.26. The molecule has 2 heteroatoms. The maximum atomic E-state index is 3.68. The molecule has 1 atom stereocenters. The Morgan fingerprint density at radius 1 is 1.13 bits per heavy atom. The molecule has 1 N–H and O–H groups in total. The fourth-order valence-electron chi connectivity index (χ4n) is 3.07. The molecule has 2 aliphatic rings. The van der Waals surface area contributed by atoms with Crippen molar-refractivity contribution >= 4 is 0 Å². The molecule has 0 aromatic rings. The Kier molecular flexibility index (Phi) is 4.45. The van der Waals surface area contributed by atoms with Crippen molar-refractivity contribution in [3.63, 3.8) is 0 Å². The minimum atomic E-state index is 0.844. The molecule has 0 aromatic heterocycles. The van der Waals surface area contributed by atoms with Gasteiger partial charge in [0.05, 0.1) is 0 Å². The zero-order valence-electron chi connectivity index (χ0n) is 10.2. The van der Waals surface area contributed by atoms with E-state index >= 15 is 0 Å². The Morgan fingerprint density at radius 3 is 2.53 bits per heavy atom. The minimum Gasteiger partial charge on any atom is -0.314 e. The molecule has 0 unspecified atom stereocenters. The largest absolute Gasteiger partial charge is 0.314 e. The van der Waals surface area contributed by atoms with Crippen LogP contribution in [-0.4, -0.2) is 37.1 Å². The summed E-state index contributed by atoms with van der Waals surface area (Å²) in [6.07, 6.45) is 8.58. The van der Waals surface area contributed by atoms with Crippen molar-refractivity contribution in [1.29, 1.82) is 0 Å². The second kappa shape index (κ2) is 5.86. The van der Waals surface area contributed by atoms with Crippen LogP contribution in [0.1, 0.15) is 45.4 Å². The summed E-state index contributed by atoms with van der Waals surface area (Å²) >= 11 is 0. The first-order valence-corrected chi connectivity index (χ1v) is 6.84. The third-order valence-corrected chi connectivity index (χ3v) is 4.18. The van der Waals surface area contributed by atoms with E-state index in [4.69, 9.17) is 0 Å². The van der Waals surface area contributed by atoms with Crippen molar-refractivity contribution < 1.29 is 0 Å². The summed E-state index contributed by atoms with van der Waals surface area (Å²) < 4.78 is 0. The van der Waals surface area contributed by atoms with E-state index < -0.39 is 0 Å². The first-order chi connectivity index (χ1) is 7.38. The van der Waals surface area contributed by atoms with Crippen molar-refractivity contribution in [1.82, 2.24) is 10.2 Å². The molecular formula is C13H26N2. The van der Waals surface area contributed by atoms with Gasteiger partial charge in [-0.05, 0) is 64.2 Å². The minimum absolute atomic E-state index is 0.844. The fourth-order valence-corrected chi connectivity index (χ4v) is 3.07. The van der Waals surface area contributed by atoms with E-state index in [-0.39, 0.29) is 0 Å². The third-order valence-electron chi connectivity index (χ3n) is 4.18. The molecule has 0 aromatic carbocycles. The summed E-state index contributed by atoms with van der Waals surface area (Å²) in [5, 5.41) is 3.68. The van der Waals surface area contributed by atoms with Gasteiger partial charge >= 0.3 is 0 Å². The predicted octanol–water partition coefficient (Wildman–Crippen LogP) is 2.25. The topological polar surface area (TPSA) is 15.3 Å². The lowest BCUT2D eigenvalue weighted by molar-refractivity contribution is 0.173. The Bertz CT molecular complexity index is 167. The fraction of sp³-hybridized carbons (Fsp3) is 1.00. The zero-order valence-corrected chi connectivity index (χ0v) is 10.2. The van der Waals surface area contributed by atoms with Gasteiger partial charge in [0, 0.05) is 6.04 Å². The Hall–Kier alpha value is -0.0800. The van der Waals surface area contributed by atoms with Gasteiger partial charge in [-0.2, -0.15) is 0 Å². The van der Waals surface area contributed by atoms with Crippen molar-refractivity contribution in [2.24, 2.45) is 5.92 Å². The highest BCUT2D eigenvalue weighted by atomic mass is 15.1. The first kappa shape index (κ1) is 11.4. The number of nitrogens with one attached hydrogen (secondary N) is 1. The van der Waals surface area contributed by atoms with E-state index in [9.17, 15) is 0 Å². The zero-order chi connectivity index (χ0) is 10.5. The standard InChI is InChI=1S/C13H26N2/c1-2-15-9-6-12(7-10-15)11-13-5-3-4-8-14-13/h12-14H,2-11H2,1H3/t13-/m1/s1. The molecule has 0 aliphatic carbocycles. The highest BCUT2D eigenvalue weighted by Gasteiger charge is 2.22. The quantitative estimate of drug-likeness (QED) is 0.768. The van der Waals surface area contributed by atoms with Crippen LogP contribution in [-0.2, 0) is 0 Å². The molecule has 0 radical (unpaired) electrons. The maximum Gasteiger partial charge on any atom is 0.00697 e. The van der Waals surface area contributed by atoms with Crippen LogP contribution in [0, 0.1) is 5.92 Å². The van der Waals surface area contributed by atoms with Crippen LogP contribution < -0.4 is 5.32 Å². The Labute approximate surface area is 94.4 Å². The Morgan fingerprint density at radius 2 is 1.93 bits per heavy atom. The van der Waals surface area contributed by atoms with E-state index in [1.54, 1.807) is 0 Å². The van der Waals surface area contributed by atoms with Crippen molar-refractivity contribution in [2.45, 2.75) is 51.5 Å². The highest BCUT2D eigenvalue weighted by molar-refractivity contribution is 4.79. The van der Waals surface area contributed by atoms with Gasteiger partial charge in [-0.25, -0.2) is 0 Å². The van der Waals surface area contributed by atoms with E-state index in [2.05, 4.69) is 17.1 Å². The van der Waals surface area contributed by atoms with Gasteiger partial charge in [0.25, 0.3) is 0 Å². The average Bonchev–Trinajstić information content (AvgIpc) is 2.31. The summed E-state index contributed by atoms with van der Waals surface area (Å²) in [4.78, 5) is 2.59. The predicted molar refractivity (Wildman–Crippen MR) is 65.1 cm³/mol. The summed E-state index contributed by atoms with van der Waals surface area (Å²) in [6, 6.07) is 0.844. The average molecular weight is 210 g/mol. The highest BCUT2D eigenvalue weighted by Crippen LogP contribution is 2.24. The summed E-state index contributed by atoms with van der Waals surface area (Å²) in [5.41, 5.74) is 0. The van der Waals surface area contributed by atoms with Gasteiger partial charge in [-0.15, -0.1) is 0 Å². The summed E-state index contributed by atoms with van der Waals surface area (Å²) in [5.74, 6) is 1.00. The third kappa shape index (κ3) is 3.46. The molecular weight excluding hydrogens is 184 g/mol. The first-order valence-electron chi connectivity index (χ1n) is 6.84. The molecule has 2 nitrogen and oxygen atoms in total. The molecule has 15 heavy (non-hydrogen) atoms. The van der Waals surface area contributed by atoms with E-state index in [0.717, 1.165) is 12.0 Å². The van der Waals surface area contributed by atoms with Crippen LogP contribution in [0.2, 0.25) is 0 Å². The smallest absolute Gasteiger partial charge is 0.00697 e. The molecule has 2 aliphatic heterocycles. The van der Waals surface area contributed by atoms with Crippen molar-refractivity contribution in [3.8, 4) is 0 Å². The van der Waals surface area contributed by atoms with Crippen LogP contribution in [0.15, 0.2) is 0 Å². The van der Waals surface area contributed by atoms with Gasteiger partial charge in [0.15, 0.2) is 0 Å². The van der Waals surface area contributed by atoms with Crippen LogP contribution in [0.25, 0.3) is 0 Å². The number of piperidine rings is 2. The second-order valence-electron chi connectivity index (χ2n) is 5.26. The molecule has 2 heterocycles. The van der Waals surface area contributed by atoms with E-state index in [1.165, 1.54) is 64.7 Å². The molecule has 88 valence electrons. The van der Waals surface area contributed by atoms with Gasteiger partial charge in [-0.3, -0.25) is 0 Å².